The SMILES string of the molecule is Cc1cc(F)ccc1S(=O)(=O)Nc1cc(Br)ccc1C#N. The Hall–Kier alpha value is -1.91. The lowest BCUT2D eigenvalue weighted by molar-refractivity contribution is 0.598. The number of sulfonamides is 1. The molecule has 0 bridgehead atoms. The van der Waals surface area contributed by atoms with Gasteiger partial charge in [-0.15, -0.1) is 0 Å². The van der Waals surface area contributed by atoms with Gasteiger partial charge in [0.25, 0.3) is 10.0 Å². The highest BCUT2D eigenvalue weighted by atomic mass is 79.9. The third kappa shape index (κ3) is 3.40. The van der Waals surface area contributed by atoms with E-state index in [0.717, 1.165) is 12.1 Å². The average molecular weight is 369 g/mol. The zero-order chi connectivity index (χ0) is 15.6. The molecule has 0 heterocycles. The first-order valence-electron chi connectivity index (χ1n) is 5.82. The summed E-state index contributed by atoms with van der Waals surface area (Å²) in [7, 11) is -3.90. The zero-order valence-electron chi connectivity index (χ0n) is 10.9. The lowest BCUT2D eigenvalue weighted by Crippen LogP contribution is -2.15. The number of nitriles is 1. The molecular weight excluding hydrogens is 359 g/mol. The van der Waals surface area contributed by atoms with Gasteiger partial charge in [0, 0.05) is 4.47 Å². The van der Waals surface area contributed by atoms with Crippen LogP contribution in [0.1, 0.15) is 11.1 Å². The molecule has 0 saturated carbocycles. The van der Waals surface area contributed by atoms with E-state index < -0.39 is 15.8 Å². The molecule has 2 aromatic carbocycles. The minimum Gasteiger partial charge on any atom is -0.278 e. The molecule has 21 heavy (non-hydrogen) atoms. The largest absolute Gasteiger partial charge is 0.278 e. The number of aryl methyl sites for hydroxylation is 1. The third-order valence-corrected chi connectivity index (χ3v) is 4.79. The van der Waals surface area contributed by atoms with Crippen LogP contribution >= 0.6 is 15.9 Å². The minimum atomic E-state index is -3.90. The zero-order valence-corrected chi connectivity index (χ0v) is 13.3. The molecule has 7 heteroatoms. The first kappa shape index (κ1) is 15.5. The molecule has 0 aliphatic rings. The van der Waals surface area contributed by atoms with Crippen LogP contribution < -0.4 is 4.72 Å². The summed E-state index contributed by atoms with van der Waals surface area (Å²) in [6.45, 7) is 1.50. The van der Waals surface area contributed by atoms with Crippen molar-refractivity contribution in [1.29, 1.82) is 5.26 Å². The van der Waals surface area contributed by atoms with Crippen LogP contribution in [0.15, 0.2) is 45.8 Å². The number of anilines is 1. The number of nitrogens with one attached hydrogen (secondary N) is 1. The van der Waals surface area contributed by atoms with Gasteiger partial charge in [0.15, 0.2) is 0 Å². The third-order valence-electron chi connectivity index (χ3n) is 2.77. The van der Waals surface area contributed by atoms with Crippen LogP contribution in [-0.4, -0.2) is 8.42 Å². The summed E-state index contributed by atoms with van der Waals surface area (Å²) in [4.78, 5) is -0.0345. The van der Waals surface area contributed by atoms with Gasteiger partial charge in [0.05, 0.1) is 16.1 Å². The molecular formula is C14H10BrFN2O2S. The maximum atomic E-state index is 13.1. The maximum absolute atomic E-state index is 13.1. The van der Waals surface area contributed by atoms with E-state index in [1.807, 2.05) is 6.07 Å². The quantitative estimate of drug-likeness (QED) is 0.899. The van der Waals surface area contributed by atoms with E-state index in [1.54, 1.807) is 6.07 Å². The topological polar surface area (TPSA) is 70.0 Å². The van der Waals surface area contributed by atoms with E-state index >= 15 is 0 Å². The minimum absolute atomic E-state index is 0.0345. The van der Waals surface area contributed by atoms with Crippen LogP contribution in [0.25, 0.3) is 0 Å². The molecule has 0 aromatic heterocycles. The van der Waals surface area contributed by atoms with E-state index in [0.29, 0.717) is 4.47 Å². The second-order valence-corrected chi connectivity index (χ2v) is 6.88. The van der Waals surface area contributed by atoms with Gasteiger partial charge in [-0.1, -0.05) is 15.9 Å². The summed E-state index contributed by atoms with van der Waals surface area (Å²) in [6, 6.07) is 9.95. The molecule has 1 N–H and O–H groups in total. The molecule has 0 unspecified atom stereocenters. The monoisotopic (exact) mass is 368 g/mol. The van der Waals surface area contributed by atoms with Gasteiger partial charge in [-0.25, -0.2) is 12.8 Å². The number of benzene rings is 2. The Bertz CT molecular complexity index is 845. The Labute approximate surface area is 130 Å². The van der Waals surface area contributed by atoms with Crippen LogP contribution in [0.2, 0.25) is 0 Å². The molecule has 0 atom stereocenters. The van der Waals surface area contributed by atoms with Crippen molar-refractivity contribution in [2.24, 2.45) is 0 Å². The van der Waals surface area contributed by atoms with E-state index in [-0.39, 0.29) is 21.7 Å². The molecule has 0 saturated heterocycles. The summed E-state index contributed by atoms with van der Waals surface area (Å²) in [5, 5.41) is 9.02. The number of nitrogens with zero attached hydrogens (tertiary/aromatic N) is 1. The second-order valence-electron chi connectivity index (χ2n) is 4.32. The predicted molar refractivity (Wildman–Crippen MR) is 80.8 cm³/mol. The number of hydrogen-bond donors (Lipinski definition) is 1. The van der Waals surface area contributed by atoms with Crippen molar-refractivity contribution in [3.05, 3.63) is 57.8 Å². The summed E-state index contributed by atoms with van der Waals surface area (Å²) in [5.41, 5.74) is 0.646. The van der Waals surface area contributed by atoms with Gasteiger partial charge in [-0.3, -0.25) is 4.72 Å². The second kappa shape index (κ2) is 5.84. The van der Waals surface area contributed by atoms with Crippen LogP contribution in [0, 0.1) is 24.1 Å². The fourth-order valence-corrected chi connectivity index (χ4v) is 3.47. The molecule has 0 spiro atoms. The lowest BCUT2D eigenvalue weighted by atomic mass is 10.2. The van der Waals surface area contributed by atoms with Crippen molar-refractivity contribution in [3.8, 4) is 6.07 Å². The van der Waals surface area contributed by atoms with Gasteiger partial charge < -0.3 is 0 Å². The Morgan fingerprint density at radius 3 is 2.57 bits per heavy atom. The Morgan fingerprint density at radius 1 is 1.24 bits per heavy atom. The molecule has 108 valence electrons. The van der Waals surface area contributed by atoms with Crippen molar-refractivity contribution in [2.45, 2.75) is 11.8 Å². The standard InChI is InChI=1S/C14H10BrFN2O2S/c1-9-6-12(16)4-5-14(9)21(19,20)18-13-7-11(15)3-2-10(13)8-17/h2-7,18H,1H3. The fourth-order valence-electron chi connectivity index (χ4n) is 1.81. The van der Waals surface area contributed by atoms with E-state index in [2.05, 4.69) is 20.7 Å². The van der Waals surface area contributed by atoms with Gasteiger partial charge in [0.2, 0.25) is 0 Å². The van der Waals surface area contributed by atoms with Crippen molar-refractivity contribution in [2.75, 3.05) is 4.72 Å². The fraction of sp³-hybridized carbons (Fsp3) is 0.0714. The first-order valence-corrected chi connectivity index (χ1v) is 8.10. The van der Waals surface area contributed by atoms with Gasteiger partial charge in [-0.05, 0) is 48.9 Å². The molecule has 0 fully saturated rings. The van der Waals surface area contributed by atoms with Gasteiger partial charge >= 0.3 is 0 Å². The maximum Gasteiger partial charge on any atom is 0.262 e. The molecule has 4 nitrogen and oxygen atoms in total. The molecule has 0 radical (unpaired) electrons. The summed E-state index contributed by atoms with van der Waals surface area (Å²) in [6.07, 6.45) is 0. The highest BCUT2D eigenvalue weighted by molar-refractivity contribution is 9.10. The highest BCUT2D eigenvalue weighted by Gasteiger charge is 2.19. The Kier molecular flexibility index (Phi) is 4.30. The van der Waals surface area contributed by atoms with Crippen molar-refractivity contribution in [1.82, 2.24) is 0 Å². The van der Waals surface area contributed by atoms with Gasteiger partial charge in [-0.2, -0.15) is 5.26 Å². The average Bonchev–Trinajstić information content (AvgIpc) is 2.37. The Balaban J connectivity index is 2.47. The summed E-state index contributed by atoms with van der Waals surface area (Å²) in [5.74, 6) is -0.508. The molecule has 0 aliphatic carbocycles. The van der Waals surface area contributed by atoms with Crippen molar-refractivity contribution < 1.29 is 12.8 Å². The molecule has 2 aromatic rings. The van der Waals surface area contributed by atoms with E-state index in [4.69, 9.17) is 5.26 Å². The first-order chi connectivity index (χ1) is 9.83. The van der Waals surface area contributed by atoms with E-state index in [1.165, 1.54) is 25.1 Å². The van der Waals surface area contributed by atoms with Crippen molar-refractivity contribution in [3.63, 3.8) is 0 Å². The molecule has 0 aliphatic heterocycles. The van der Waals surface area contributed by atoms with Crippen molar-refractivity contribution >= 4 is 31.6 Å². The van der Waals surface area contributed by atoms with E-state index in [9.17, 15) is 12.8 Å². The predicted octanol–water partition coefficient (Wildman–Crippen LogP) is 3.57. The normalized spacial score (nSPS) is 11.0. The smallest absolute Gasteiger partial charge is 0.262 e. The van der Waals surface area contributed by atoms with Crippen LogP contribution in [-0.2, 0) is 10.0 Å². The van der Waals surface area contributed by atoms with Crippen LogP contribution in [0.5, 0.6) is 0 Å². The number of halogens is 2. The van der Waals surface area contributed by atoms with Gasteiger partial charge in [0.1, 0.15) is 11.9 Å². The van der Waals surface area contributed by atoms with Crippen LogP contribution in [0.3, 0.4) is 0 Å². The summed E-state index contributed by atoms with van der Waals surface area (Å²) >= 11 is 3.22. The number of rotatable bonds is 3. The Morgan fingerprint density at radius 2 is 1.95 bits per heavy atom. The number of hydrogen-bond acceptors (Lipinski definition) is 3. The highest BCUT2D eigenvalue weighted by Crippen LogP contribution is 2.25. The lowest BCUT2D eigenvalue weighted by Gasteiger charge is -2.11. The molecule has 2 rings (SSSR count). The van der Waals surface area contributed by atoms with Crippen LogP contribution in [0.4, 0.5) is 10.1 Å². The summed E-state index contributed by atoms with van der Waals surface area (Å²) < 4.78 is 40.8. The molecule has 0 amide bonds.